The lowest BCUT2D eigenvalue weighted by Gasteiger charge is -2.41. The molecule has 2 saturated heterocycles. The van der Waals surface area contributed by atoms with Crippen molar-refractivity contribution in [2.24, 2.45) is 0 Å². The van der Waals surface area contributed by atoms with Crippen LogP contribution in [0.25, 0.3) is 11.8 Å². The Balaban J connectivity index is 1.46. The number of amides is 1. The minimum absolute atomic E-state index is 0.00505. The smallest absolute Gasteiger partial charge is 0.246 e. The van der Waals surface area contributed by atoms with Crippen molar-refractivity contribution in [3.8, 4) is 5.69 Å². The highest BCUT2D eigenvalue weighted by molar-refractivity contribution is 9.10. The maximum atomic E-state index is 14.4. The molecule has 1 aromatic heterocycles. The molecule has 2 aliphatic rings. The first-order valence-corrected chi connectivity index (χ1v) is 10.0. The Labute approximate surface area is 166 Å². The fraction of sp³-hybridized carbons (Fsp3) is 0.400. The van der Waals surface area contributed by atoms with E-state index in [9.17, 15) is 9.18 Å². The molecule has 2 unspecified atom stereocenters. The minimum Gasteiger partial charge on any atom is -0.334 e. The fourth-order valence-corrected chi connectivity index (χ4v) is 4.29. The second-order valence-electron chi connectivity index (χ2n) is 7.28. The molecule has 0 spiro atoms. The van der Waals surface area contributed by atoms with Crippen LogP contribution in [0.4, 0.5) is 4.39 Å². The fourth-order valence-electron chi connectivity index (χ4n) is 4.00. The minimum atomic E-state index is -0.381. The molecule has 5 nitrogen and oxygen atoms in total. The molecule has 4 rings (SSSR count). The average molecular weight is 433 g/mol. The number of carbonyl (C=O) groups excluding carboxylic acids is 1. The van der Waals surface area contributed by atoms with Gasteiger partial charge in [-0.05, 0) is 66.0 Å². The summed E-state index contributed by atoms with van der Waals surface area (Å²) in [5.74, 6) is -0.386. The molecular formula is C20H22BrFN4O. The van der Waals surface area contributed by atoms with Crippen LogP contribution < -0.4 is 0 Å². The highest BCUT2D eigenvalue weighted by atomic mass is 79.9. The van der Waals surface area contributed by atoms with Crippen molar-refractivity contribution in [2.75, 3.05) is 19.6 Å². The highest BCUT2D eigenvalue weighted by Gasteiger charge is 2.35. The third-order valence-electron chi connectivity index (χ3n) is 5.41. The van der Waals surface area contributed by atoms with Crippen LogP contribution in [0.2, 0.25) is 0 Å². The van der Waals surface area contributed by atoms with Gasteiger partial charge in [0.05, 0.1) is 10.7 Å². The van der Waals surface area contributed by atoms with Gasteiger partial charge in [-0.15, -0.1) is 0 Å². The maximum Gasteiger partial charge on any atom is 0.246 e. The number of aromatic nitrogens is 2. The van der Waals surface area contributed by atoms with Crippen molar-refractivity contribution in [1.82, 2.24) is 19.6 Å². The molecule has 142 valence electrons. The zero-order valence-corrected chi connectivity index (χ0v) is 16.8. The molecule has 0 saturated carbocycles. The van der Waals surface area contributed by atoms with Crippen LogP contribution in [0, 0.1) is 5.82 Å². The predicted molar refractivity (Wildman–Crippen MR) is 106 cm³/mol. The molecule has 2 fully saturated rings. The molecule has 2 aliphatic heterocycles. The quantitative estimate of drug-likeness (QED) is 0.697. The van der Waals surface area contributed by atoms with Gasteiger partial charge in [0, 0.05) is 37.4 Å². The first-order valence-electron chi connectivity index (χ1n) is 9.24. The summed E-state index contributed by atoms with van der Waals surface area (Å²) in [7, 11) is 0. The Morgan fingerprint density at radius 2 is 2.22 bits per heavy atom. The molecule has 2 aromatic rings. The highest BCUT2D eigenvalue weighted by Crippen LogP contribution is 2.25. The van der Waals surface area contributed by atoms with Crippen molar-refractivity contribution in [3.05, 3.63) is 52.5 Å². The van der Waals surface area contributed by atoms with Gasteiger partial charge in [0.2, 0.25) is 5.91 Å². The molecule has 0 aliphatic carbocycles. The number of piperazine rings is 1. The van der Waals surface area contributed by atoms with Crippen molar-refractivity contribution in [2.45, 2.75) is 31.8 Å². The monoisotopic (exact) mass is 432 g/mol. The lowest BCUT2D eigenvalue weighted by molar-refractivity contribution is -0.131. The number of fused-ring (bicyclic) bond motifs is 1. The Morgan fingerprint density at radius 3 is 2.96 bits per heavy atom. The molecule has 27 heavy (non-hydrogen) atoms. The second-order valence-corrected chi connectivity index (χ2v) is 8.19. The summed E-state index contributed by atoms with van der Waals surface area (Å²) < 4.78 is 16.7. The van der Waals surface area contributed by atoms with E-state index >= 15 is 0 Å². The van der Waals surface area contributed by atoms with Gasteiger partial charge < -0.3 is 4.90 Å². The van der Waals surface area contributed by atoms with E-state index in [0.717, 1.165) is 30.5 Å². The van der Waals surface area contributed by atoms with Gasteiger partial charge in [0.15, 0.2) is 0 Å². The summed E-state index contributed by atoms with van der Waals surface area (Å²) in [5.41, 5.74) is 1.03. The van der Waals surface area contributed by atoms with Crippen molar-refractivity contribution >= 4 is 27.9 Å². The van der Waals surface area contributed by atoms with E-state index in [4.69, 9.17) is 0 Å². The number of carbonyl (C=O) groups is 1. The molecule has 0 N–H and O–H groups in total. The van der Waals surface area contributed by atoms with E-state index in [1.807, 2.05) is 4.90 Å². The van der Waals surface area contributed by atoms with Gasteiger partial charge in [-0.3, -0.25) is 9.69 Å². The Hall–Kier alpha value is -1.99. The van der Waals surface area contributed by atoms with E-state index < -0.39 is 0 Å². The molecule has 2 atom stereocenters. The molecule has 0 bridgehead atoms. The van der Waals surface area contributed by atoms with Crippen LogP contribution in [0.15, 0.2) is 41.1 Å². The summed E-state index contributed by atoms with van der Waals surface area (Å²) in [6.45, 7) is 4.96. The molecule has 1 aromatic carbocycles. The largest absolute Gasteiger partial charge is 0.334 e. The van der Waals surface area contributed by atoms with Crippen LogP contribution >= 0.6 is 15.9 Å². The standard InChI is InChI=1S/C20H22BrFN4O/c1-14-11-24-8-2-3-17(24)13-25(14)20(27)7-5-15-4-6-19(18(22)9-15)26-12-16(21)10-23-26/h4-7,9-10,12,14,17H,2-3,8,11,13H2,1H3/b7-5+. The molecule has 0 radical (unpaired) electrons. The van der Waals surface area contributed by atoms with E-state index in [2.05, 4.69) is 32.9 Å². The average Bonchev–Trinajstić information content (AvgIpc) is 3.27. The Bertz CT molecular complexity index is 881. The first kappa shape index (κ1) is 18.4. The van der Waals surface area contributed by atoms with Crippen LogP contribution in [0.1, 0.15) is 25.3 Å². The van der Waals surface area contributed by atoms with Gasteiger partial charge in [-0.1, -0.05) is 6.07 Å². The van der Waals surface area contributed by atoms with Crippen LogP contribution in [-0.4, -0.2) is 57.2 Å². The number of hydrogen-bond donors (Lipinski definition) is 0. The van der Waals surface area contributed by atoms with Gasteiger partial charge in [0.1, 0.15) is 11.5 Å². The first-order chi connectivity index (χ1) is 13.0. The van der Waals surface area contributed by atoms with Crippen molar-refractivity contribution in [3.63, 3.8) is 0 Å². The van der Waals surface area contributed by atoms with Gasteiger partial charge in [-0.2, -0.15) is 5.10 Å². The van der Waals surface area contributed by atoms with Crippen molar-refractivity contribution in [1.29, 1.82) is 0 Å². The molecule has 7 heteroatoms. The summed E-state index contributed by atoms with van der Waals surface area (Å²) in [4.78, 5) is 17.1. The summed E-state index contributed by atoms with van der Waals surface area (Å²) in [6, 6.07) is 5.57. The van der Waals surface area contributed by atoms with Crippen LogP contribution in [0.5, 0.6) is 0 Å². The van der Waals surface area contributed by atoms with Gasteiger partial charge in [0.25, 0.3) is 0 Å². The molecule has 3 heterocycles. The zero-order chi connectivity index (χ0) is 19.0. The van der Waals surface area contributed by atoms with Crippen molar-refractivity contribution < 1.29 is 9.18 Å². The summed E-state index contributed by atoms with van der Waals surface area (Å²) >= 11 is 3.31. The van der Waals surface area contributed by atoms with Gasteiger partial charge >= 0.3 is 0 Å². The number of hydrogen-bond acceptors (Lipinski definition) is 3. The molecule has 1 amide bonds. The lowest BCUT2D eigenvalue weighted by Crippen LogP contribution is -2.56. The third kappa shape index (κ3) is 3.84. The van der Waals surface area contributed by atoms with Crippen LogP contribution in [0.3, 0.4) is 0 Å². The topological polar surface area (TPSA) is 41.4 Å². The second kappa shape index (κ2) is 7.56. The number of rotatable bonds is 3. The normalized spacial score (nSPS) is 23.1. The zero-order valence-electron chi connectivity index (χ0n) is 15.2. The number of benzene rings is 1. The van der Waals surface area contributed by atoms with Gasteiger partial charge in [-0.25, -0.2) is 9.07 Å². The number of nitrogens with zero attached hydrogens (tertiary/aromatic N) is 4. The third-order valence-corrected chi connectivity index (χ3v) is 5.82. The van der Waals surface area contributed by atoms with E-state index in [1.165, 1.54) is 17.2 Å². The summed E-state index contributed by atoms with van der Waals surface area (Å²) in [6.07, 6.45) is 8.92. The number of halogens is 2. The maximum absolute atomic E-state index is 14.4. The summed E-state index contributed by atoms with van der Waals surface area (Å²) in [5, 5.41) is 4.09. The van der Waals surface area contributed by atoms with Crippen LogP contribution in [-0.2, 0) is 4.79 Å². The lowest BCUT2D eigenvalue weighted by atomic mass is 10.1. The molecular weight excluding hydrogens is 411 g/mol. The van der Waals surface area contributed by atoms with E-state index in [1.54, 1.807) is 36.7 Å². The SMILES string of the molecule is CC1CN2CCCC2CN1C(=O)/C=C/c1ccc(-n2cc(Br)cn2)c(F)c1. The Morgan fingerprint density at radius 1 is 1.37 bits per heavy atom. The predicted octanol–water partition coefficient (Wildman–Crippen LogP) is 3.48. The van der Waals surface area contributed by atoms with E-state index in [0.29, 0.717) is 17.3 Å². The van der Waals surface area contributed by atoms with E-state index in [-0.39, 0.29) is 17.8 Å². The Kier molecular flexibility index (Phi) is 5.14.